The standard InChI is InChI=1S/C17H21F2N5S.HI/c1-11-10-25-15(22-11)8-21-17(20-2)23-12-6-7-24(9-12)16-13(18)4-3-5-14(16)19;/h3-5,10,12H,6-9H2,1-2H3,(H2,20,21,23);1H. The minimum Gasteiger partial charge on any atom is -0.365 e. The Hall–Kier alpha value is -1.49. The molecule has 1 aliphatic heterocycles. The van der Waals surface area contributed by atoms with Crippen LogP contribution in [0.4, 0.5) is 14.5 Å². The molecule has 0 saturated carbocycles. The molecule has 2 heterocycles. The number of para-hydroxylation sites is 1. The molecule has 0 aliphatic carbocycles. The van der Waals surface area contributed by atoms with Crippen LogP contribution in [0.1, 0.15) is 17.1 Å². The zero-order chi connectivity index (χ0) is 17.8. The minimum absolute atomic E-state index is 0. The van der Waals surface area contributed by atoms with Crippen LogP contribution in [0.3, 0.4) is 0 Å². The van der Waals surface area contributed by atoms with Crippen LogP contribution in [0.5, 0.6) is 0 Å². The molecule has 0 amide bonds. The minimum atomic E-state index is -0.526. The molecule has 26 heavy (non-hydrogen) atoms. The predicted octanol–water partition coefficient (Wildman–Crippen LogP) is 3.29. The number of hydrogen-bond acceptors (Lipinski definition) is 4. The van der Waals surface area contributed by atoms with E-state index in [2.05, 4.69) is 20.6 Å². The Kier molecular flexibility index (Phi) is 7.56. The van der Waals surface area contributed by atoms with Gasteiger partial charge in [0.25, 0.3) is 0 Å². The third-order valence-corrected chi connectivity index (χ3v) is 5.05. The zero-order valence-corrected chi connectivity index (χ0v) is 17.8. The maximum absolute atomic E-state index is 13.9. The van der Waals surface area contributed by atoms with Gasteiger partial charge >= 0.3 is 0 Å². The molecule has 3 rings (SSSR count). The third kappa shape index (κ3) is 5.03. The summed E-state index contributed by atoms with van der Waals surface area (Å²) in [6, 6.07) is 4.03. The van der Waals surface area contributed by atoms with Crippen molar-refractivity contribution in [2.45, 2.75) is 25.9 Å². The van der Waals surface area contributed by atoms with Crippen molar-refractivity contribution < 1.29 is 8.78 Å². The smallest absolute Gasteiger partial charge is 0.191 e. The van der Waals surface area contributed by atoms with E-state index >= 15 is 0 Å². The van der Waals surface area contributed by atoms with Gasteiger partial charge in [0.15, 0.2) is 5.96 Å². The average molecular weight is 493 g/mol. The summed E-state index contributed by atoms with van der Waals surface area (Å²) in [5.41, 5.74) is 1.05. The summed E-state index contributed by atoms with van der Waals surface area (Å²) in [6.45, 7) is 3.67. The van der Waals surface area contributed by atoms with Crippen LogP contribution >= 0.6 is 35.3 Å². The van der Waals surface area contributed by atoms with E-state index in [0.29, 0.717) is 25.6 Å². The molecule has 1 fully saturated rings. The van der Waals surface area contributed by atoms with Crippen LogP contribution in [0.2, 0.25) is 0 Å². The molecule has 1 aromatic heterocycles. The highest BCUT2D eigenvalue weighted by molar-refractivity contribution is 14.0. The van der Waals surface area contributed by atoms with Crippen molar-refractivity contribution in [3.63, 3.8) is 0 Å². The molecule has 1 saturated heterocycles. The van der Waals surface area contributed by atoms with Gasteiger partial charge in [-0.1, -0.05) is 6.07 Å². The van der Waals surface area contributed by atoms with E-state index in [1.807, 2.05) is 12.3 Å². The van der Waals surface area contributed by atoms with Gasteiger partial charge in [0.2, 0.25) is 0 Å². The van der Waals surface area contributed by atoms with Gasteiger partial charge in [-0.25, -0.2) is 13.8 Å². The first-order valence-corrected chi connectivity index (χ1v) is 9.02. The number of thiazole rings is 1. The Balaban J connectivity index is 0.00000243. The molecule has 1 atom stereocenters. The predicted molar refractivity (Wildman–Crippen MR) is 113 cm³/mol. The van der Waals surface area contributed by atoms with Gasteiger partial charge in [0.05, 0.1) is 6.54 Å². The fourth-order valence-electron chi connectivity index (χ4n) is 2.90. The normalized spacial score (nSPS) is 17.2. The summed E-state index contributed by atoms with van der Waals surface area (Å²) in [4.78, 5) is 10.3. The molecule has 5 nitrogen and oxygen atoms in total. The van der Waals surface area contributed by atoms with Crippen LogP contribution in [0.25, 0.3) is 0 Å². The van der Waals surface area contributed by atoms with E-state index in [9.17, 15) is 8.78 Å². The fraction of sp³-hybridized carbons (Fsp3) is 0.412. The number of rotatable bonds is 4. The number of nitrogens with zero attached hydrogens (tertiary/aromatic N) is 3. The monoisotopic (exact) mass is 493 g/mol. The molecule has 0 spiro atoms. The zero-order valence-electron chi connectivity index (χ0n) is 14.6. The Morgan fingerprint density at radius 2 is 2.12 bits per heavy atom. The van der Waals surface area contributed by atoms with Gasteiger partial charge < -0.3 is 15.5 Å². The number of anilines is 1. The second kappa shape index (κ2) is 9.45. The van der Waals surface area contributed by atoms with Crippen LogP contribution in [-0.4, -0.2) is 37.1 Å². The fourth-order valence-corrected chi connectivity index (χ4v) is 3.62. The number of halogens is 3. The third-order valence-electron chi connectivity index (χ3n) is 4.08. The van der Waals surface area contributed by atoms with Gasteiger partial charge in [0, 0.05) is 37.3 Å². The molecule has 142 valence electrons. The van der Waals surface area contributed by atoms with Crippen LogP contribution < -0.4 is 15.5 Å². The summed E-state index contributed by atoms with van der Waals surface area (Å²) >= 11 is 1.60. The van der Waals surface area contributed by atoms with E-state index in [1.165, 1.54) is 18.2 Å². The summed E-state index contributed by atoms with van der Waals surface area (Å²) < 4.78 is 27.8. The number of nitrogens with one attached hydrogen (secondary N) is 2. The number of aliphatic imine (C=N–C) groups is 1. The van der Waals surface area contributed by atoms with Crippen molar-refractivity contribution in [2.75, 3.05) is 25.0 Å². The average Bonchev–Trinajstić information content (AvgIpc) is 3.20. The molecule has 2 N–H and O–H groups in total. The van der Waals surface area contributed by atoms with E-state index in [-0.39, 0.29) is 35.7 Å². The first-order chi connectivity index (χ1) is 12.1. The summed E-state index contributed by atoms with van der Waals surface area (Å²) in [7, 11) is 1.70. The lowest BCUT2D eigenvalue weighted by molar-refractivity contribution is 0.576. The molecular formula is C17H22F2IN5S. The second-order valence-electron chi connectivity index (χ2n) is 5.95. The summed E-state index contributed by atoms with van der Waals surface area (Å²) in [6.07, 6.45) is 0.783. The lowest BCUT2D eigenvalue weighted by Crippen LogP contribution is -2.44. The molecular weight excluding hydrogens is 471 g/mol. The Labute approximate surface area is 172 Å². The van der Waals surface area contributed by atoms with E-state index in [1.54, 1.807) is 23.3 Å². The Morgan fingerprint density at radius 3 is 2.73 bits per heavy atom. The van der Waals surface area contributed by atoms with Gasteiger partial charge in [-0.3, -0.25) is 4.99 Å². The Bertz CT molecular complexity index is 747. The summed E-state index contributed by atoms with van der Waals surface area (Å²) in [5.74, 6) is -0.390. The number of guanidine groups is 1. The van der Waals surface area contributed by atoms with Crippen molar-refractivity contribution >= 4 is 47.0 Å². The first-order valence-electron chi connectivity index (χ1n) is 8.14. The van der Waals surface area contributed by atoms with Gasteiger partial charge in [0.1, 0.15) is 22.3 Å². The van der Waals surface area contributed by atoms with Crippen molar-refractivity contribution in [2.24, 2.45) is 4.99 Å². The molecule has 2 aromatic rings. The van der Waals surface area contributed by atoms with Crippen molar-refractivity contribution in [1.82, 2.24) is 15.6 Å². The van der Waals surface area contributed by atoms with Gasteiger partial charge in [-0.15, -0.1) is 35.3 Å². The number of benzene rings is 1. The molecule has 0 radical (unpaired) electrons. The number of hydrogen-bond donors (Lipinski definition) is 2. The van der Waals surface area contributed by atoms with E-state index in [0.717, 1.165) is 17.1 Å². The van der Waals surface area contributed by atoms with Crippen molar-refractivity contribution in [1.29, 1.82) is 0 Å². The van der Waals surface area contributed by atoms with Gasteiger partial charge in [-0.05, 0) is 25.5 Å². The maximum Gasteiger partial charge on any atom is 0.191 e. The van der Waals surface area contributed by atoms with E-state index in [4.69, 9.17) is 0 Å². The molecule has 1 aromatic carbocycles. The molecule has 0 bridgehead atoms. The maximum atomic E-state index is 13.9. The summed E-state index contributed by atoms with van der Waals surface area (Å²) in [5, 5.41) is 9.53. The lowest BCUT2D eigenvalue weighted by Gasteiger charge is -2.21. The highest BCUT2D eigenvalue weighted by atomic mass is 127. The number of aryl methyl sites for hydroxylation is 1. The molecule has 1 unspecified atom stereocenters. The SMILES string of the molecule is CN=C(NCc1nc(C)cs1)NC1CCN(c2c(F)cccc2F)C1.I. The molecule has 1 aliphatic rings. The first kappa shape index (κ1) is 20.8. The van der Waals surface area contributed by atoms with Crippen LogP contribution in [0, 0.1) is 18.6 Å². The highest BCUT2D eigenvalue weighted by Crippen LogP contribution is 2.26. The quantitative estimate of drug-likeness (QED) is 0.390. The van der Waals surface area contributed by atoms with Crippen LogP contribution in [0.15, 0.2) is 28.6 Å². The number of aromatic nitrogens is 1. The highest BCUT2D eigenvalue weighted by Gasteiger charge is 2.27. The van der Waals surface area contributed by atoms with Crippen molar-refractivity contribution in [3.05, 3.63) is 45.9 Å². The topological polar surface area (TPSA) is 52.6 Å². The Morgan fingerprint density at radius 1 is 1.38 bits per heavy atom. The molecule has 9 heteroatoms. The lowest BCUT2D eigenvalue weighted by atomic mass is 10.2. The second-order valence-corrected chi connectivity index (χ2v) is 6.90. The van der Waals surface area contributed by atoms with Gasteiger partial charge in [-0.2, -0.15) is 0 Å². The largest absolute Gasteiger partial charge is 0.365 e. The van der Waals surface area contributed by atoms with Crippen LogP contribution in [-0.2, 0) is 6.54 Å². The van der Waals surface area contributed by atoms with Crippen molar-refractivity contribution in [3.8, 4) is 0 Å². The van der Waals surface area contributed by atoms with E-state index < -0.39 is 11.6 Å².